The van der Waals surface area contributed by atoms with Crippen molar-refractivity contribution in [3.63, 3.8) is 0 Å². The predicted molar refractivity (Wildman–Crippen MR) is 61.4 cm³/mol. The summed E-state index contributed by atoms with van der Waals surface area (Å²) in [6.07, 6.45) is -1.68. The van der Waals surface area contributed by atoms with Gasteiger partial charge in [-0.25, -0.2) is 17.6 Å². The Kier molecular flexibility index (Phi) is 3.85. The van der Waals surface area contributed by atoms with Gasteiger partial charge in [0, 0.05) is 18.1 Å². The summed E-state index contributed by atoms with van der Waals surface area (Å²) < 4.78 is 52.5. The molecular weight excluding hydrogens is 260 g/mol. The Morgan fingerprint density at radius 2 is 1.47 bits per heavy atom. The van der Waals surface area contributed by atoms with E-state index in [-0.39, 0.29) is 17.5 Å². The molecule has 1 N–H and O–H groups in total. The first-order valence-electron chi connectivity index (χ1n) is 5.54. The van der Waals surface area contributed by atoms with Crippen LogP contribution in [0.3, 0.4) is 0 Å². The van der Waals surface area contributed by atoms with Crippen LogP contribution < -0.4 is 0 Å². The van der Waals surface area contributed by atoms with Gasteiger partial charge in [-0.15, -0.1) is 0 Å². The standard InChI is InChI=1S/C14H10F4O/c15-9-3-4-12(17)11(6-9)14(19)5-8-1-2-10(16)7-13(8)18/h1-4,6-7,14,19H,5H2. The number of hydrogen-bond donors (Lipinski definition) is 1. The maximum Gasteiger partial charge on any atom is 0.129 e. The second-order valence-corrected chi connectivity index (χ2v) is 4.12. The summed E-state index contributed by atoms with van der Waals surface area (Å²) >= 11 is 0. The second-order valence-electron chi connectivity index (χ2n) is 4.12. The van der Waals surface area contributed by atoms with Gasteiger partial charge in [-0.3, -0.25) is 0 Å². The molecule has 1 unspecified atom stereocenters. The molecule has 0 amide bonds. The number of aliphatic hydroxyl groups is 1. The molecule has 0 heterocycles. The predicted octanol–water partition coefficient (Wildman–Crippen LogP) is 3.52. The topological polar surface area (TPSA) is 20.2 Å². The van der Waals surface area contributed by atoms with Crippen LogP contribution in [-0.2, 0) is 6.42 Å². The van der Waals surface area contributed by atoms with Crippen LogP contribution in [0.15, 0.2) is 36.4 Å². The van der Waals surface area contributed by atoms with E-state index in [1.807, 2.05) is 0 Å². The Bertz CT molecular complexity index is 598. The van der Waals surface area contributed by atoms with Crippen LogP contribution in [0.4, 0.5) is 17.6 Å². The fraction of sp³-hybridized carbons (Fsp3) is 0.143. The highest BCUT2D eigenvalue weighted by molar-refractivity contribution is 5.25. The zero-order valence-electron chi connectivity index (χ0n) is 9.71. The van der Waals surface area contributed by atoms with Gasteiger partial charge in [-0.05, 0) is 29.8 Å². The molecule has 0 saturated heterocycles. The highest BCUT2D eigenvalue weighted by Crippen LogP contribution is 2.23. The Balaban J connectivity index is 2.25. The van der Waals surface area contributed by atoms with Crippen molar-refractivity contribution < 1.29 is 22.7 Å². The van der Waals surface area contributed by atoms with Crippen molar-refractivity contribution in [1.29, 1.82) is 0 Å². The van der Waals surface area contributed by atoms with Gasteiger partial charge in [0.25, 0.3) is 0 Å². The van der Waals surface area contributed by atoms with Crippen molar-refractivity contribution in [3.8, 4) is 0 Å². The molecule has 1 atom stereocenters. The van der Waals surface area contributed by atoms with Crippen molar-refractivity contribution in [2.75, 3.05) is 0 Å². The van der Waals surface area contributed by atoms with Gasteiger partial charge in [0.05, 0.1) is 6.10 Å². The summed E-state index contributed by atoms with van der Waals surface area (Å²) in [5, 5.41) is 9.81. The molecule has 0 aliphatic carbocycles. The molecule has 0 aliphatic rings. The van der Waals surface area contributed by atoms with E-state index in [0.29, 0.717) is 6.07 Å². The van der Waals surface area contributed by atoms with Crippen LogP contribution >= 0.6 is 0 Å². The molecule has 0 bridgehead atoms. The molecule has 0 radical (unpaired) electrons. The quantitative estimate of drug-likeness (QED) is 0.846. The van der Waals surface area contributed by atoms with Gasteiger partial charge >= 0.3 is 0 Å². The lowest BCUT2D eigenvalue weighted by Gasteiger charge is -2.12. The lowest BCUT2D eigenvalue weighted by atomic mass is 10.0. The fourth-order valence-corrected chi connectivity index (χ4v) is 1.78. The molecule has 2 aromatic carbocycles. The molecule has 100 valence electrons. The van der Waals surface area contributed by atoms with Crippen molar-refractivity contribution >= 4 is 0 Å². The van der Waals surface area contributed by atoms with Gasteiger partial charge in [-0.2, -0.15) is 0 Å². The Morgan fingerprint density at radius 3 is 2.16 bits per heavy atom. The summed E-state index contributed by atoms with van der Waals surface area (Å²) in [6, 6.07) is 5.52. The smallest absolute Gasteiger partial charge is 0.129 e. The van der Waals surface area contributed by atoms with E-state index >= 15 is 0 Å². The molecule has 1 nitrogen and oxygen atoms in total. The lowest BCUT2D eigenvalue weighted by molar-refractivity contribution is 0.171. The second kappa shape index (κ2) is 5.40. The lowest BCUT2D eigenvalue weighted by Crippen LogP contribution is -2.06. The molecule has 2 rings (SSSR count). The average Bonchev–Trinajstić information content (AvgIpc) is 2.35. The number of aliphatic hydroxyl groups excluding tert-OH is 1. The monoisotopic (exact) mass is 270 g/mol. The highest BCUT2D eigenvalue weighted by atomic mass is 19.1. The van der Waals surface area contributed by atoms with Gasteiger partial charge < -0.3 is 5.11 Å². The molecule has 0 fully saturated rings. The van der Waals surface area contributed by atoms with E-state index in [2.05, 4.69) is 0 Å². The van der Waals surface area contributed by atoms with Crippen molar-refractivity contribution in [2.45, 2.75) is 12.5 Å². The van der Waals surface area contributed by atoms with Crippen molar-refractivity contribution in [1.82, 2.24) is 0 Å². The van der Waals surface area contributed by atoms with Crippen LogP contribution in [0.2, 0.25) is 0 Å². The van der Waals surface area contributed by atoms with E-state index < -0.39 is 29.4 Å². The van der Waals surface area contributed by atoms with Crippen LogP contribution in [0.25, 0.3) is 0 Å². The van der Waals surface area contributed by atoms with Gasteiger partial charge in [0.15, 0.2) is 0 Å². The summed E-state index contributed by atoms with van der Waals surface area (Å²) in [7, 11) is 0. The van der Waals surface area contributed by atoms with Gasteiger partial charge in [0.2, 0.25) is 0 Å². The van der Waals surface area contributed by atoms with Crippen LogP contribution in [0, 0.1) is 23.3 Å². The molecule has 19 heavy (non-hydrogen) atoms. The molecule has 0 aliphatic heterocycles. The number of rotatable bonds is 3. The van der Waals surface area contributed by atoms with E-state index in [1.54, 1.807) is 0 Å². The van der Waals surface area contributed by atoms with Crippen LogP contribution in [0.5, 0.6) is 0 Å². The minimum absolute atomic E-state index is 0.0255. The third kappa shape index (κ3) is 3.12. The Hall–Kier alpha value is -1.88. The molecule has 0 aromatic heterocycles. The minimum Gasteiger partial charge on any atom is -0.388 e. The maximum absolute atomic E-state index is 13.4. The first-order valence-corrected chi connectivity index (χ1v) is 5.54. The van der Waals surface area contributed by atoms with Crippen molar-refractivity contribution in [3.05, 3.63) is 70.8 Å². The largest absolute Gasteiger partial charge is 0.388 e. The number of benzene rings is 2. The SMILES string of the molecule is OC(Cc1ccc(F)cc1F)c1cc(F)ccc1F. The van der Waals surface area contributed by atoms with E-state index in [4.69, 9.17) is 0 Å². The van der Waals surface area contributed by atoms with E-state index in [0.717, 1.165) is 30.3 Å². The zero-order chi connectivity index (χ0) is 14.0. The summed E-state index contributed by atoms with van der Waals surface area (Å²) in [4.78, 5) is 0. The summed E-state index contributed by atoms with van der Waals surface area (Å²) in [6.45, 7) is 0. The summed E-state index contributed by atoms with van der Waals surface area (Å²) in [5.74, 6) is -3.06. The molecule has 5 heteroatoms. The van der Waals surface area contributed by atoms with E-state index in [1.165, 1.54) is 0 Å². The summed E-state index contributed by atoms with van der Waals surface area (Å²) in [5.41, 5.74) is -0.235. The highest BCUT2D eigenvalue weighted by Gasteiger charge is 2.16. The van der Waals surface area contributed by atoms with Gasteiger partial charge in [-0.1, -0.05) is 6.07 Å². The molecule has 2 aromatic rings. The maximum atomic E-state index is 13.4. The molecule has 0 spiro atoms. The molecular formula is C14H10F4O. The first kappa shape index (κ1) is 13.5. The van der Waals surface area contributed by atoms with Crippen LogP contribution in [-0.4, -0.2) is 5.11 Å². The first-order chi connectivity index (χ1) is 8.97. The minimum atomic E-state index is -1.41. The number of hydrogen-bond acceptors (Lipinski definition) is 1. The normalized spacial score (nSPS) is 12.5. The Morgan fingerprint density at radius 1 is 0.842 bits per heavy atom. The van der Waals surface area contributed by atoms with E-state index in [9.17, 15) is 22.7 Å². The molecule has 0 saturated carbocycles. The third-order valence-electron chi connectivity index (χ3n) is 2.75. The number of halogens is 4. The van der Waals surface area contributed by atoms with Gasteiger partial charge in [0.1, 0.15) is 23.3 Å². The average molecular weight is 270 g/mol. The Labute approximate surface area is 107 Å². The fourth-order valence-electron chi connectivity index (χ4n) is 1.78. The van der Waals surface area contributed by atoms with Crippen molar-refractivity contribution in [2.24, 2.45) is 0 Å². The van der Waals surface area contributed by atoms with Crippen LogP contribution in [0.1, 0.15) is 17.2 Å². The third-order valence-corrected chi connectivity index (χ3v) is 2.75. The zero-order valence-corrected chi connectivity index (χ0v) is 9.71.